The van der Waals surface area contributed by atoms with Crippen LogP contribution in [0.15, 0.2) is 87.1 Å². The van der Waals surface area contributed by atoms with Gasteiger partial charge < -0.3 is 4.18 Å². The maximum atomic E-state index is 13.3. The highest BCUT2D eigenvalue weighted by Crippen LogP contribution is 2.31. The van der Waals surface area contributed by atoms with E-state index >= 15 is 0 Å². The Hall–Kier alpha value is -2.41. The first-order valence-corrected chi connectivity index (χ1v) is 14.3. The van der Waals surface area contributed by atoms with Crippen molar-refractivity contribution in [1.29, 1.82) is 0 Å². The molecule has 36 heavy (non-hydrogen) atoms. The zero-order valence-electron chi connectivity index (χ0n) is 19.2. The number of hydrogen-bond acceptors (Lipinski definition) is 5. The van der Waals surface area contributed by atoms with Gasteiger partial charge in [0.05, 0.1) is 10.5 Å². The number of alkyl halides is 3. The molecule has 12 heteroatoms. The molecular formula is C24H23BrF3NO5S2. The number of sulfonamides is 1. The van der Waals surface area contributed by atoms with E-state index in [1.165, 1.54) is 34.6 Å². The summed E-state index contributed by atoms with van der Waals surface area (Å²) in [4.78, 5) is -0.548. The number of halogens is 4. The van der Waals surface area contributed by atoms with Gasteiger partial charge in [-0.3, -0.25) is 0 Å². The summed E-state index contributed by atoms with van der Waals surface area (Å²) in [6.07, 6.45) is -4.72. The third-order valence-corrected chi connectivity index (χ3v) is 8.53. The third kappa shape index (κ3) is 7.09. The highest BCUT2D eigenvalue weighted by atomic mass is 79.9. The van der Waals surface area contributed by atoms with E-state index in [2.05, 4.69) is 15.9 Å². The van der Waals surface area contributed by atoms with Crippen LogP contribution in [-0.4, -0.2) is 27.7 Å². The summed E-state index contributed by atoms with van der Waals surface area (Å²) in [5, 5.41) is 0. The summed E-state index contributed by atoms with van der Waals surface area (Å²) in [5.74, 6) is -0.161. The van der Waals surface area contributed by atoms with Crippen LogP contribution in [0.5, 0.6) is 5.75 Å². The van der Waals surface area contributed by atoms with Gasteiger partial charge in [0.2, 0.25) is 10.0 Å². The molecular weight excluding hydrogens is 583 g/mol. The molecule has 194 valence electrons. The van der Waals surface area contributed by atoms with Crippen molar-refractivity contribution in [3.8, 4) is 5.75 Å². The highest BCUT2D eigenvalue weighted by molar-refractivity contribution is 9.10. The van der Waals surface area contributed by atoms with E-state index in [1.54, 1.807) is 18.2 Å². The lowest BCUT2D eigenvalue weighted by Crippen LogP contribution is -2.33. The SMILES string of the molecule is CC(C)CN(Cc1cccc(OS(=O)(=O)c2cccc(C(F)(F)F)c2)c1)S(=O)(=O)c1ccc(Br)cc1. The molecule has 0 aromatic heterocycles. The van der Waals surface area contributed by atoms with Crippen molar-refractivity contribution in [3.05, 3.63) is 88.4 Å². The van der Waals surface area contributed by atoms with Gasteiger partial charge in [0.15, 0.2) is 0 Å². The molecule has 0 bridgehead atoms. The fourth-order valence-electron chi connectivity index (χ4n) is 3.31. The second-order valence-electron chi connectivity index (χ2n) is 8.36. The second kappa shape index (κ2) is 10.9. The molecule has 0 radical (unpaired) electrons. The predicted molar refractivity (Wildman–Crippen MR) is 132 cm³/mol. The average Bonchev–Trinajstić information content (AvgIpc) is 2.78. The zero-order chi connectivity index (χ0) is 26.7. The Labute approximate surface area is 217 Å². The minimum atomic E-state index is -4.72. The van der Waals surface area contributed by atoms with Crippen LogP contribution in [0, 0.1) is 5.92 Å². The lowest BCUT2D eigenvalue weighted by Gasteiger charge is -2.24. The molecule has 0 amide bonds. The van der Waals surface area contributed by atoms with Crippen LogP contribution < -0.4 is 4.18 Å². The van der Waals surface area contributed by atoms with E-state index < -0.39 is 36.8 Å². The molecule has 0 heterocycles. The van der Waals surface area contributed by atoms with Crippen molar-refractivity contribution in [2.75, 3.05) is 6.54 Å². The normalized spacial score (nSPS) is 12.8. The molecule has 0 atom stereocenters. The first kappa shape index (κ1) is 28.2. The van der Waals surface area contributed by atoms with Crippen LogP contribution in [0.25, 0.3) is 0 Å². The quantitative estimate of drug-likeness (QED) is 0.276. The van der Waals surface area contributed by atoms with Crippen molar-refractivity contribution in [2.45, 2.75) is 36.4 Å². The van der Waals surface area contributed by atoms with Crippen LogP contribution >= 0.6 is 15.9 Å². The molecule has 0 N–H and O–H groups in total. The van der Waals surface area contributed by atoms with Crippen molar-refractivity contribution < 1.29 is 34.2 Å². The largest absolute Gasteiger partial charge is 0.416 e. The molecule has 0 spiro atoms. The summed E-state index contributed by atoms with van der Waals surface area (Å²) in [6.45, 7) is 3.86. The summed E-state index contributed by atoms with van der Waals surface area (Å²) in [7, 11) is -8.45. The zero-order valence-corrected chi connectivity index (χ0v) is 22.5. The number of nitrogens with zero attached hydrogens (tertiary/aromatic N) is 1. The molecule has 0 aliphatic heterocycles. The van der Waals surface area contributed by atoms with Crippen LogP contribution in [0.1, 0.15) is 25.0 Å². The maximum absolute atomic E-state index is 13.3. The number of benzene rings is 3. The lowest BCUT2D eigenvalue weighted by molar-refractivity contribution is -0.137. The van der Waals surface area contributed by atoms with Gasteiger partial charge in [-0.05, 0) is 66.1 Å². The molecule has 3 aromatic carbocycles. The molecule has 0 aliphatic rings. The first-order chi connectivity index (χ1) is 16.7. The molecule has 0 saturated carbocycles. The summed E-state index contributed by atoms with van der Waals surface area (Å²) < 4.78 is 97.9. The monoisotopic (exact) mass is 605 g/mol. The Morgan fingerprint density at radius 2 is 1.53 bits per heavy atom. The number of hydrogen-bond donors (Lipinski definition) is 0. The van der Waals surface area contributed by atoms with Gasteiger partial charge >= 0.3 is 16.3 Å². The fraction of sp³-hybridized carbons (Fsp3) is 0.250. The van der Waals surface area contributed by atoms with Gasteiger partial charge in [0.1, 0.15) is 10.6 Å². The fourth-order valence-corrected chi connectivity index (χ4v) is 6.14. The molecule has 0 aliphatic carbocycles. The van der Waals surface area contributed by atoms with Crippen LogP contribution in [0.3, 0.4) is 0 Å². The average molecular weight is 606 g/mol. The maximum Gasteiger partial charge on any atom is 0.416 e. The predicted octanol–water partition coefficient (Wildman–Crippen LogP) is 6.08. The Kier molecular flexibility index (Phi) is 8.54. The summed E-state index contributed by atoms with van der Waals surface area (Å²) in [5.41, 5.74) is -0.684. The van der Waals surface area contributed by atoms with Crippen molar-refractivity contribution in [3.63, 3.8) is 0 Å². The Morgan fingerprint density at radius 3 is 2.14 bits per heavy atom. The molecule has 3 rings (SSSR count). The van der Waals surface area contributed by atoms with E-state index in [0.29, 0.717) is 11.6 Å². The number of rotatable bonds is 9. The third-order valence-electron chi connectivity index (χ3n) is 4.93. The molecule has 0 fully saturated rings. The van der Waals surface area contributed by atoms with Crippen molar-refractivity contribution in [2.24, 2.45) is 5.92 Å². The summed E-state index contributed by atoms with van der Waals surface area (Å²) >= 11 is 3.28. The minimum Gasteiger partial charge on any atom is -0.379 e. The van der Waals surface area contributed by atoms with Crippen LogP contribution in [0.2, 0.25) is 0 Å². The van der Waals surface area contributed by atoms with Crippen LogP contribution in [0.4, 0.5) is 13.2 Å². The smallest absolute Gasteiger partial charge is 0.379 e. The van der Waals surface area contributed by atoms with E-state index in [4.69, 9.17) is 4.18 Å². The molecule has 3 aromatic rings. The van der Waals surface area contributed by atoms with Gasteiger partial charge in [-0.1, -0.05) is 48.0 Å². The molecule has 0 unspecified atom stereocenters. The summed E-state index contributed by atoms with van der Waals surface area (Å²) in [6, 6.07) is 15.2. The minimum absolute atomic E-state index is 0.00376. The van der Waals surface area contributed by atoms with E-state index in [-0.39, 0.29) is 29.7 Å². The van der Waals surface area contributed by atoms with Crippen molar-refractivity contribution in [1.82, 2.24) is 4.31 Å². The molecule has 6 nitrogen and oxygen atoms in total. The first-order valence-electron chi connectivity index (χ1n) is 10.6. The van der Waals surface area contributed by atoms with Crippen LogP contribution in [-0.2, 0) is 32.9 Å². The lowest BCUT2D eigenvalue weighted by atomic mass is 10.2. The van der Waals surface area contributed by atoms with E-state index in [0.717, 1.165) is 22.7 Å². The van der Waals surface area contributed by atoms with E-state index in [9.17, 15) is 30.0 Å². The molecule has 0 saturated heterocycles. The van der Waals surface area contributed by atoms with Gasteiger partial charge in [0.25, 0.3) is 0 Å². The highest BCUT2D eigenvalue weighted by Gasteiger charge is 2.32. The van der Waals surface area contributed by atoms with Gasteiger partial charge in [0, 0.05) is 17.6 Å². The van der Waals surface area contributed by atoms with Gasteiger partial charge in [-0.15, -0.1) is 0 Å². The van der Waals surface area contributed by atoms with E-state index in [1.807, 2.05) is 13.8 Å². The van der Waals surface area contributed by atoms with Crippen molar-refractivity contribution >= 4 is 36.1 Å². The second-order valence-corrected chi connectivity index (χ2v) is 12.8. The Bertz CT molecular complexity index is 1420. The Morgan fingerprint density at radius 1 is 0.889 bits per heavy atom. The van der Waals surface area contributed by atoms with Gasteiger partial charge in [-0.2, -0.15) is 25.9 Å². The van der Waals surface area contributed by atoms with Gasteiger partial charge in [-0.25, -0.2) is 8.42 Å². The Balaban J connectivity index is 1.88. The topological polar surface area (TPSA) is 80.8 Å². The standard InChI is InChI=1S/C24H23BrF3NO5S2/c1-17(2)15-29(35(30,31)22-11-9-20(25)10-12-22)16-18-5-3-7-21(13-18)34-36(32,33)23-8-4-6-19(14-23)24(26,27)28/h3-14,17H,15-16H2,1-2H3.